The Hall–Kier alpha value is -3.05. The van der Waals surface area contributed by atoms with Crippen LogP contribution in [0.2, 0.25) is 0 Å². The molecular weight excluding hydrogens is 512 g/mol. The van der Waals surface area contributed by atoms with E-state index in [1.165, 1.54) is 4.90 Å². The number of morpholine rings is 1. The summed E-state index contributed by atoms with van der Waals surface area (Å²) < 4.78 is 12.3. The van der Waals surface area contributed by atoms with E-state index in [1.54, 1.807) is 16.7 Å². The van der Waals surface area contributed by atoms with Crippen molar-refractivity contribution in [2.45, 2.75) is 37.1 Å². The molecule has 10 nitrogen and oxygen atoms in total. The molecule has 10 heteroatoms. The van der Waals surface area contributed by atoms with Gasteiger partial charge in [-0.2, -0.15) is 0 Å². The zero-order valence-electron chi connectivity index (χ0n) is 23.1. The third-order valence-electron chi connectivity index (χ3n) is 9.18. The lowest BCUT2D eigenvalue weighted by molar-refractivity contribution is -0.153. The molecule has 1 spiro atoms. The van der Waals surface area contributed by atoms with Crippen LogP contribution in [0, 0.1) is 11.8 Å². The zero-order chi connectivity index (χ0) is 28.1. The van der Waals surface area contributed by atoms with Crippen LogP contribution in [0.5, 0.6) is 0 Å². The largest absolute Gasteiger partial charge is 0.394 e. The lowest BCUT2D eigenvalue weighted by atomic mass is 9.74. The lowest BCUT2D eigenvalue weighted by Crippen LogP contribution is -2.58. The number of ether oxygens (including phenoxy) is 2. The molecule has 0 aromatic heterocycles. The number of aliphatic hydroxyl groups excluding tert-OH is 1. The van der Waals surface area contributed by atoms with Crippen LogP contribution in [0.4, 0.5) is 5.69 Å². The monoisotopic (exact) mass is 550 g/mol. The average Bonchev–Trinajstić information content (AvgIpc) is 3.25. The number of likely N-dealkylation sites (tertiary alicyclic amines) is 1. The van der Waals surface area contributed by atoms with Crippen LogP contribution in [-0.2, 0) is 23.9 Å². The summed E-state index contributed by atoms with van der Waals surface area (Å²) >= 11 is 0. The summed E-state index contributed by atoms with van der Waals surface area (Å²) in [6, 6.07) is 7.80. The minimum absolute atomic E-state index is 0.208. The van der Waals surface area contributed by atoms with E-state index in [2.05, 4.69) is 4.90 Å². The highest BCUT2D eigenvalue weighted by molar-refractivity contribution is 6.04. The number of hydrogen-bond donors (Lipinski definition) is 1. The fraction of sp³-hybridized carbons (Fsp3) is 0.567. The minimum Gasteiger partial charge on any atom is -0.394 e. The number of fused-ring (bicyclic) bond motifs is 2. The molecular formula is C30H38N4O6. The smallest absolute Gasteiger partial charge is 0.249 e. The van der Waals surface area contributed by atoms with Crippen LogP contribution in [-0.4, -0.2) is 120 Å². The summed E-state index contributed by atoms with van der Waals surface area (Å²) in [5.74, 6) is -2.50. The number of para-hydroxylation sites is 1. The van der Waals surface area contributed by atoms with Crippen molar-refractivity contribution < 1.29 is 29.0 Å². The van der Waals surface area contributed by atoms with Crippen molar-refractivity contribution in [3.8, 4) is 0 Å². The number of nitrogens with zero attached hydrogens (tertiary/aromatic N) is 4. The van der Waals surface area contributed by atoms with Gasteiger partial charge >= 0.3 is 0 Å². The SMILES string of the molecule is C[C@H](CO)N1C(=O)[C@@H]2[C@H]3C(=O)N(c4ccccc4)CC=C[C@@]3(C)O[C@@]23C=CCN(CCN2CCOCC2)C(=O)C13. The van der Waals surface area contributed by atoms with Gasteiger partial charge in [-0.15, -0.1) is 0 Å². The Balaban J connectivity index is 1.38. The highest BCUT2D eigenvalue weighted by atomic mass is 16.5. The fourth-order valence-electron chi connectivity index (χ4n) is 7.20. The molecule has 5 aliphatic rings. The average molecular weight is 551 g/mol. The highest BCUT2D eigenvalue weighted by Crippen LogP contribution is 2.58. The van der Waals surface area contributed by atoms with E-state index in [0.29, 0.717) is 39.4 Å². The molecule has 1 aromatic carbocycles. The predicted molar refractivity (Wildman–Crippen MR) is 147 cm³/mol. The second kappa shape index (κ2) is 10.4. The van der Waals surface area contributed by atoms with Gasteiger partial charge in [0.05, 0.1) is 43.3 Å². The number of carbonyl (C=O) groups is 3. The summed E-state index contributed by atoms with van der Waals surface area (Å²) in [5, 5.41) is 10.1. The molecule has 0 bridgehead atoms. The van der Waals surface area contributed by atoms with Gasteiger partial charge in [0.15, 0.2) is 0 Å². The van der Waals surface area contributed by atoms with E-state index in [4.69, 9.17) is 9.47 Å². The summed E-state index contributed by atoms with van der Waals surface area (Å²) in [5.41, 5.74) is -1.67. The molecule has 214 valence electrons. The van der Waals surface area contributed by atoms with Crippen molar-refractivity contribution in [3.63, 3.8) is 0 Å². The normalized spacial score (nSPS) is 34.9. The Morgan fingerprint density at radius 1 is 0.950 bits per heavy atom. The van der Waals surface area contributed by atoms with E-state index >= 15 is 0 Å². The first kappa shape index (κ1) is 27.1. The standard InChI is InChI=1S/C30H38N4O6/c1-21(20-35)34-25-28(38)32(15-14-31-16-18-39-19-17-31)12-7-11-30(25)24(27(34)37)23-26(36)33(22-8-4-3-5-9-22)13-6-10-29(23,2)40-30/h3-11,21,23-25,35H,12-20H2,1-2H3/t21-,23+,24+,25?,29-,30+/m1/s1. The molecule has 1 unspecified atom stereocenters. The van der Waals surface area contributed by atoms with Crippen molar-refractivity contribution in [2.75, 3.05) is 64.0 Å². The number of anilines is 1. The Morgan fingerprint density at radius 2 is 1.68 bits per heavy atom. The molecule has 3 fully saturated rings. The van der Waals surface area contributed by atoms with Gasteiger partial charge in [-0.25, -0.2) is 0 Å². The fourth-order valence-corrected chi connectivity index (χ4v) is 7.20. The molecule has 40 heavy (non-hydrogen) atoms. The van der Waals surface area contributed by atoms with Crippen molar-refractivity contribution in [3.05, 3.63) is 54.6 Å². The number of amides is 3. The molecule has 0 saturated carbocycles. The van der Waals surface area contributed by atoms with Crippen LogP contribution < -0.4 is 4.90 Å². The number of hydrogen-bond acceptors (Lipinski definition) is 7. The first-order chi connectivity index (χ1) is 19.3. The van der Waals surface area contributed by atoms with E-state index in [-0.39, 0.29) is 24.3 Å². The van der Waals surface area contributed by atoms with Gasteiger partial charge in [-0.05, 0) is 26.0 Å². The zero-order valence-corrected chi connectivity index (χ0v) is 23.1. The second-order valence-electron chi connectivity index (χ2n) is 11.6. The highest BCUT2D eigenvalue weighted by Gasteiger charge is 2.75. The van der Waals surface area contributed by atoms with Crippen LogP contribution in [0.15, 0.2) is 54.6 Å². The topological polar surface area (TPSA) is 103 Å². The first-order valence-electron chi connectivity index (χ1n) is 14.2. The molecule has 3 saturated heterocycles. The molecule has 6 atom stereocenters. The molecule has 0 aliphatic carbocycles. The maximum Gasteiger partial charge on any atom is 0.249 e. The lowest BCUT2D eigenvalue weighted by Gasteiger charge is -2.39. The Labute approximate surface area is 234 Å². The van der Waals surface area contributed by atoms with Crippen LogP contribution in [0.25, 0.3) is 0 Å². The van der Waals surface area contributed by atoms with Gasteiger partial charge in [0, 0.05) is 45.0 Å². The van der Waals surface area contributed by atoms with Crippen molar-refractivity contribution in [2.24, 2.45) is 11.8 Å². The van der Waals surface area contributed by atoms with Crippen molar-refractivity contribution in [1.82, 2.24) is 14.7 Å². The van der Waals surface area contributed by atoms with E-state index in [9.17, 15) is 19.5 Å². The van der Waals surface area contributed by atoms with Crippen LogP contribution in [0.1, 0.15) is 13.8 Å². The van der Waals surface area contributed by atoms with Crippen molar-refractivity contribution >= 4 is 23.4 Å². The van der Waals surface area contributed by atoms with Gasteiger partial charge < -0.3 is 29.3 Å². The van der Waals surface area contributed by atoms with Gasteiger partial charge in [0.1, 0.15) is 11.6 Å². The Kier molecular flexibility index (Phi) is 7.06. The third-order valence-corrected chi connectivity index (χ3v) is 9.18. The summed E-state index contributed by atoms with van der Waals surface area (Å²) in [6.07, 6.45) is 7.55. The number of benzene rings is 1. The predicted octanol–water partition coefficient (Wildman–Crippen LogP) is 0.672. The number of carbonyl (C=O) groups excluding carboxylic acids is 3. The maximum atomic E-state index is 14.3. The third kappa shape index (κ3) is 4.20. The minimum atomic E-state index is -1.33. The molecule has 3 amide bonds. The Morgan fingerprint density at radius 3 is 2.40 bits per heavy atom. The van der Waals surface area contributed by atoms with E-state index in [1.807, 2.05) is 61.6 Å². The van der Waals surface area contributed by atoms with Gasteiger partial charge in [-0.3, -0.25) is 19.3 Å². The number of aliphatic hydroxyl groups is 1. The summed E-state index contributed by atoms with van der Waals surface area (Å²) in [7, 11) is 0. The van der Waals surface area contributed by atoms with Gasteiger partial charge in [-0.1, -0.05) is 42.5 Å². The summed E-state index contributed by atoms with van der Waals surface area (Å²) in [6.45, 7) is 8.19. The molecule has 5 heterocycles. The summed E-state index contributed by atoms with van der Waals surface area (Å²) in [4.78, 5) is 50.2. The molecule has 1 N–H and O–H groups in total. The molecule has 1 aromatic rings. The van der Waals surface area contributed by atoms with Gasteiger partial charge in [0.25, 0.3) is 0 Å². The van der Waals surface area contributed by atoms with Crippen molar-refractivity contribution in [1.29, 1.82) is 0 Å². The molecule has 5 aliphatic heterocycles. The molecule has 0 radical (unpaired) electrons. The maximum absolute atomic E-state index is 14.3. The van der Waals surface area contributed by atoms with E-state index in [0.717, 1.165) is 18.8 Å². The second-order valence-corrected chi connectivity index (χ2v) is 11.6. The Bertz CT molecular complexity index is 1220. The van der Waals surface area contributed by atoms with Gasteiger partial charge in [0.2, 0.25) is 17.7 Å². The number of rotatable bonds is 6. The van der Waals surface area contributed by atoms with E-state index < -0.39 is 35.1 Å². The van der Waals surface area contributed by atoms with Crippen LogP contribution >= 0.6 is 0 Å². The quantitative estimate of drug-likeness (QED) is 0.520. The molecule has 6 rings (SSSR count). The first-order valence-corrected chi connectivity index (χ1v) is 14.2. The van der Waals surface area contributed by atoms with Crippen LogP contribution in [0.3, 0.4) is 0 Å².